The van der Waals surface area contributed by atoms with Gasteiger partial charge in [-0.15, -0.1) is 0 Å². The molecule has 4 aromatic rings. The molecule has 3 aromatic heterocycles. The summed E-state index contributed by atoms with van der Waals surface area (Å²) in [6.07, 6.45) is 5.06. The number of hydrogen-bond donors (Lipinski definition) is 1. The van der Waals surface area contributed by atoms with E-state index in [0.717, 1.165) is 5.56 Å². The first kappa shape index (κ1) is 16.5. The van der Waals surface area contributed by atoms with Crippen LogP contribution in [0, 0.1) is 11.3 Å². The van der Waals surface area contributed by atoms with E-state index >= 15 is 0 Å². The van der Waals surface area contributed by atoms with Gasteiger partial charge in [0.25, 0.3) is 0 Å². The molecule has 0 aliphatic rings. The normalized spacial score (nSPS) is 10.7. The van der Waals surface area contributed by atoms with Crippen molar-refractivity contribution in [2.75, 3.05) is 0 Å². The molecule has 132 valence electrons. The molecule has 0 spiro atoms. The first-order valence-electron chi connectivity index (χ1n) is 8.10. The second-order valence-electron chi connectivity index (χ2n) is 5.91. The van der Waals surface area contributed by atoms with Crippen molar-refractivity contribution < 1.29 is 9.84 Å². The fraction of sp³-hybridized carbons (Fsp3) is 0.105. The van der Waals surface area contributed by atoms with Crippen LogP contribution >= 0.6 is 0 Å². The van der Waals surface area contributed by atoms with Gasteiger partial charge in [0.05, 0.1) is 23.3 Å². The van der Waals surface area contributed by atoms with E-state index in [1.54, 1.807) is 47.4 Å². The first-order valence-corrected chi connectivity index (χ1v) is 8.10. The molecule has 0 radical (unpaired) electrons. The Morgan fingerprint density at radius 1 is 1.15 bits per heavy atom. The largest absolute Gasteiger partial charge is 0.493 e. The molecule has 8 nitrogen and oxygen atoms in total. The Kier molecular flexibility index (Phi) is 4.10. The molecule has 27 heavy (non-hydrogen) atoms. The van der Waals surface area contributed by atoms with Crippen molar-refractivity contribution in [3.05, 3.63) is 60.2 Å². The maximum absolute atomic E-state index is 10.3. The number of fused-ring (bicyclic) bond motifs is 1. The van der Waals surface area contributed by atoms with E-state index in [1.807, 2.05) is 13.2 Å². The lowest BCUT2D eigenvalue weighted by Gasteiger charge is -2.08. The van der Waals surface area contributed by atoms with E-state index < -0.39 is 0 Å². The summed E-state index contributed by atoms with van der Waals surface area (Å²) in [6.45, 7) is 0.204. The van der Waals surface area contributed by atoms with Crippen LogP contribution in [0.25, 0.3) is 22.3 Å². The highest BCUT2D eigenvalue weighted by atomic mass is 16.5. The van der Waals surface area contributed by atoms with Gasteiger partial charge < -0.3 is 14.4 Å². The van der Waals surface area contributed by atoms with Gasteiger partial charge in [0, 0.05) is 19.4 Å². The van der Waals surface area contributed by atoms with Crippen LogP contribution in [0.5, 0.6) is 11.9 Å². The van der Waals surface area contributed by atoms with E-state index in [-0.39, 0.29) is 18.5 Å². The average Bonchev–Trinajstić information content (AvgIpc) is 3.12. The standard InChI is InChI=1S/C19H14N6O2/c1-25-9-15(22-11-25)17-16-14(6-7-21-17)18(26)24-19(23-16)27-10-13-4-2-12(8-20)3-5-13/h2-7,9,11H,10H2,1H3,(H,23,24,26). The van der Waals surface area contributed by atoms with Gasteiger partial charge in [0.15, 0.2) is 0 Å². The highest BCUT2D eigenvalue weighted by Crippen LogP contribution is 2.29. The third kappa shape index (κ3) is 3.26. The van der Waals surface area contributed by atoms with Gasteiger partial charge in [-0.1, -0.05) is 12.1 Å². The van der Waals surface area contributed by atoms with Crippen molar-refractivity contribution in [1.82, 2.24) is 24.5 Å². The zero-order chi connectivity index (χ0) is 18.8. The molecule has 4 rings (SSSR count). The van der Waals surface area contributed by atoms with Crippen LogP contribution in [0.3, 0.4) is 0 Å². The number of aryl methyl sites for hydroxylation is 1. The Bertz CT molecular complexity index is 1160. The highest BCUT2D eigenvalue weighted by Gasteiger charge is 2.15. The summed E-state index contributed by atoms with van der Waals surface area (Å²) in [7, 11) is 1.86. The molecule has 0 unspecified atom stereocenters. The molecule has 0 saturated heterocycles. The SMILES string of the molecule is Cn1cnc(-c2nccc3c(O)nc(OCc4ccc(C#N)cc4)nc23)c1. The van der Waals surface area contributed by atoms with Crippen molar-refractivity contribution in [2.24, 2.45) is 7.05 Å². The Morgan fingerprint density at radius 2 is 1.96 bits per heavy atom. The molecule has 0 amide bonds. The third-order valence-electron chi connectivity index (χ3n) is 3.97. The Labute approximate surface area is 154 Å². The Balaban J connectivity index is 1.68. The average molecular weight is 358 g/mol. The second-order valence-corrected chi connectivity index (χ2v) is 5.91. The number of benzene rings is 1. The molecular weight excluding hydrogens is 344 g/mol. The summed E-state index contributed by atoms with van der Waals surface area (Å²) < 4.78 is 7.44. The number of nitrogens with zero attached hydrogens (tertiary/aromatic N) is 6. The number of imidazole rings is 1. The molecule has 8 heteroatoms. The molecule has 0 aliphatic heterocycles. The molecule has 0 saturated carbocycles. The van der Waals surface area contributed by atoms with E-state index in [0.29, 0.717) is 27.9 Å². The molecule has 0 aliphatic carbocycles. The minimum absolute atomic E-state index is 0.0366. The van der Waals surface area contributed by atoms with Crippen molar-refractivity contribution in [3.8, 4) is 29.3 Å². The number of nitriles is 1. The molecule has 0 atom stereocenters. The number of rotatable bonds is 4. The van der Waals surface area contributed by atoms with Crippen molar-refractivity contribution in [2.45, 2.75) is 6.61 Å². The fourth-order valence-corrected chi connectivity index (χ4v) is 2.63. The van der Waals surface area contributed by atoms with E-state index in [1.165, 1.54) is 0 Å². The number of hydrogen-bond acceptors (Lipinski definition) is 7. The van der Waals surface area contributed by atoms with Gasteiger partial charge in [-0.2, -0.15) is 15.2 Å². The lowest BCUT2D eigenvalue weighted by molar-refractivity contribution is 0.277. The van der Waals surface area contributed by atoms with Gasteiger partial charge in [-0.05, 0) is 23.8 Å². The van der Waals surface area contributed by atoms with Gasteiger partial charge in [-0.3, -0.25) is 4.98 Å². The summed E-state index contributed by atoms with van der Waals surface area (Å²) in [5.74, 6) is -0.186. The van der Waals surface area contributed by atoms with Crippen LogP contribution in [0.2, 0.25) is 0 Å². The van der Waals surface area contributed by atoms with Crippen LogP contribution in [-0.2, 0) is 13.7 Å². The summed E-state index contributed by atoms with van der Waals surface area (Å²) >= 11 is 0. The van der Waals surface area contributed by atoms with Gasteiger partial charge >= 0.3 is 6.01 Å². The number of aromatic hydroxyl groups is 1. The summed E-state index contributed by atoms with van der Waals surface area (Å²) in [5, 5.41) is 19.6. The van der Waals surface area contributed by atoms with E-state index in [2.05, 4.69) is 26.0 Å². The maximum atomic E-state index is 10.3. The van der Waals surface area contributed by atoms with Crippen LogP contribution in [-0.4, -0.2) is 29.6 Å². The summed E-state index contributed by atoms with van der Waals surface area (Å²) in [4.78, 5) is 17.1. The summed E-state index contributed by atoms with van der Waals surface area (Å²) in [6, 6.07) is 10.7. The Morgan fingerprint density at radius 3 is 2.67 bits per heavy atom. The topological polar surface area (TPSA) is 110 Å². The molecule has 1 N–H and O–H groups in total. The van der Waals surface area contributed by atoms with Crippen LogP contribution in [0.15, 0.2) is 49.1 Å². The molecule has 0 fully saturated rings. The van der Waals surface area contributed by atoms with Gasteiger partial charge in [0.2, 0.25) is 5.88 Å². The lowest BCUT2D eigenvalue weighted by Crippen LogP contribution is -2.01. The monoisotopic (exact) mass is 358 g/mol. The second kappa shape index (κ2) is 6.72. The van der Waals surface area contributed by atoms with E-state index in [4.69, 9.17) is 10.00 Å². The predicted molar refractivity (Wildman–Crippen MR) is 96.7 cm³/mol. The van der Waals surface area contributed by atoms with Crippen molar-refractivity contribution >= 4 is 10.9 Å². The zero-order valence-electron chi connectivity index (χ0n) is 14.4. The first-order chi connectivity index (χ1) is 13.1. The highest BCUT2D eigenvalue weighted by molar-refractivity contribution is 5.93. The summed E-state index contributed by atoms with van der Waals surface area (Å²) in [5.41, 5.74) is 3.06. The lowest BCUT2D eigenvalue weighted by atomic mass is 10.2. The number of aromatic nitrogens is 5. The zero-order valence-corrected chi connectivity index (χ0v) is 14.4. The van der Waals surface area contributed by atoms with Crippen LogP contribution in [0.1, 0.15) is 11.1 Å². The van der Waals surface area contributed by atoms with Crippen LogP contribution < -0.4 is 4.74 Å². The van der Waals surface area contributed by atoms with Crippen molar-refractivity contribution in [1.29, 1.82) is 5.26 Å². The molecule has 3 heterocycles. The quantitative estimate of drug-likeness (QED) is 0.597. The smallest absolute Gasteiger partial charge is 0.320 e. The predicted octanol–water partition coefficient (Wildman–Crippen LogP) is 2.58. The van der Waals surface area contributed by atoms with E-state index in [9.17, 15) is 5.11 Å². The third-order valence-corrected chi connectivity index (χ3v) is 3.97. The fourth-order valence-electron chi connectivity index (χ4n) is 2.63. The van der Waals surface area contributed by atoms with Gasteiger partial charge in [0.1, 0.15) is 23.5 Å². The molecule has 1 aromatic carbocycles. The minimum atomic E-state index is -0.186. The van der Waals surface area contributed by atoms with Gasteiger partial charge in [-0.25, -0.2) is 4.98 Å². The molecular formula is C19H14N6O2. The van der Waals surface area contributed by atoms with Crippen molar-refractivity contribution in [3.63, 3.8) is 0 Å². The number of ether oxygens (including phenoxy) is 1. The number of pyridine rings is 1. The molecule has 0 bridgehead atoms. The minimum Gasteiger partial charge on any atom is -0.493 e. The van der Waals surface area contributed by atoms with Crippen LogP contribution in [0.4, 0.5) is 0 Å². The Hall–Kier alpha value is -3.99. The maximum Gasteiger partial charge on any atom is 0.320 e.